The van der Waals surface area contributed by atoms with Crippen molar-refractivity contribution in [1.29, 1.82) is 0 Å². The Hall–Kier alpha value is 0.270. The Morgan fingerprint density at radius 1 is 1.07 bits per heavy atom. The molecule has 0 aliphatic rings. The summed E-state index contributed by atoms with van der Waals surface area (Å²) in [4.78, 5) is 0. The van der Waals surface area contributed by atoms with Gasteiger partial charge < -0.3 is 5.73 Å². The van der Waals surface area contributed by atoms with Gasteiger partial charge in [-0.3, -0.25) is 0 Å². The molecule has 3 heteroatoms. The molecule has 0 amide bonds. The van der Waals surface area contributed by atoms with Crippen molar-refractivity contribution >= 4 is 12.8 Å². The third-order valence-electron chi connectivity index (χ3n) is 3.54. The van der Waals surface area contributed by atoms with Crippen LogP contribution in [-0.4, -0.2) is 21.9 Å². The van der Waals surface area contributed by atoms with Crippen LogP contribution in [0, 0.1) is 11.8 Å². The lowest BCUT2D eigenvalue weighted by Crippen LogP contribution is -2.61. The van der Waals surface area contributed by atoms with Gasteiger partial charge in [0, 0.05) is 17.6 Å². The van der Waals surface area contributed by atoms with Crippen LogP contribution < -0.4 is 5.73 Å². The minimum absolute atomic E-state index is 0.0640. The van der Waals surface area contributed by atoms with Gasteiger partial charge in [0.15, 0.2) is 0 Å². The highest BCUT2D eigenvalue weighted by Crippen LogP contribution is 2.33. The van der Waals surface area contributed by atoms with Gasteiger partial charge in [-0.05, 0) is 32.6 Å². The summed E-state index contributed by atoms with van der Waals surface area (Å²) in [7, 11) is 0. The van der Waals surface area contributed by atoms with E-state index in [9.17, 15) is 0 Å². The van der Waals surface area contributed by atoms with Crippen LogP contribution >= 0.6 is 12.8 Å². The Morgan fingerprint density at radius 3 is 1.67 bits per heavy atom. The van der Waals surface area contributed by atoms with Crippen LogP contribution in [0.2, 0.25) is 0 Å². The molecular formula is C12H28N2S. The number of nitrogens with zero attached hydrogens (tertiary/aromatic N) is 1. The van der Waals surface area contributed by atoms with E-state index in [0.717, 1.165) is 0 Å². The fourth-order valence-electron chi connectivity index (χ4n) is 2.03. The van der Waals surface area contributed by atoms with Crippen LogP contribution in [0.4, 0.5) is 0 Å². The molecule has 0 aromatic heterocycles. The van der Waals surface area contributed by atoms with E-state index in [0.29, 0.717) is 17.9 Å². The van der Waals surface area contributed by atoms with Crippen molar-refractivity contribution in [1.82, 2.24) is 4.31 Å². The molecule has 2 N–H and O–H groups in total. The lowest BCUT2D eigenvalue weighted by atomic mass is 9.76. The molecule has 2 nitrogen and oxygen atoms in total. The number of thiol groups is 1. The van der Waals surface area contributed by atoms with Crippen LogP contribution in [0.1, 0.15) is 48.5 Å². The summed E-state index contributed by atoms with van der Waals surface area (Å²) < 4.78 is 2.11. The molecule has 92 valence electrons. The fourth-order valence-corrected chi connectivity index (χ4v) is 2.40. The van der Waals surface area contributed by atoms with Gasteiger partial charge in [-0.2, -0.15) is 0 Å². The van der Waals surface area contributed by atoms with Crippen LogP contribution in [0.3, 0.4) is 0 Å². The van der Waals surface area contributed by atoms with Crippen molar-refractivity contribution < 1.29 is 0 Å². The summed E-state index contributed by atoms with van der Waals surface area (Å²) in [5, 5.41) is 0. The van der Waals surface area contributed by atoms with Crippen LogP contribution in [0.15, 0.2) is 0 Å². The van der Waals surface area contributed by atoms with Gasteiger partial charge in [0.05, 0.1) is 0 Å². The van der Waals surface area contributed by atoms with Gasteiger partial charge >= 0.3 is 0 Å². The van der Waals surface area contributed by atoms with E-state index in [1.54, 1.807) is 0 Å². The van der Waals surface area contributed by atoms with E-state index < -0.39 is 0 Å². The first-order chi connectivity index (χ1) is 6.65. The molecule has 0 rings (SSSR count). The lowest BCUT2D eigenvalue weighted by molar-refractivity contribution is 0.0830. The van der Waals surface area contributed by atoms with E-state index in [1.807, 2.05) is 0 Å². The first-order valence-corrected chi connectivity index (χ1v) is 6.29. The summed E-state index contributed by atoms with van der Waals surface area (Å²) in [6.07, 6.45) is 0. The minimum Gasteiger partial charge on any atom is -0.326 e. The smallest absolute Gasteiger partial charge is 0.0461 e. The monoisotopic (exact) mass is 232 g/mol. The molecule has 0 saturated heterocycles. The lowest BCUT2D eigenvalue weighted by Gasteiger charge is -2.48. The second kappa shape index (κ2) is 5.55. The standard InChI is InChI=1S/C12H28N2S/c1-8(2)11(13)12(7,9(3)4)14(15)10(5)6/h8-11,15H,13H2,1-7H3/t11?,12-/m1/s1. The van der Waals surface area contributed by atoms with Gasteiger partial charge in [-0.1, -0.05) is 40.5 Å². The molecule has 2 atom stereocenters. The van der Waals surface area contributed by atoms with E-state index in [1.165, 1.54) is 0 Å². The van der Waals surface area contributed by atoms with E-state index in [4.69, 9.17) is 5.73 Å². The molecule has 0 radical (unpaired) electrons. The Morgan fingerprint density at radius 2 is 1.47 bits per heavy atom. The molecule has 0 fully saturated rings. The summed E-state index contributed by atoms with van der Waals surface area (Å²) in [6.45, 7) is 15.3. The highest BCUT2D eigenvalue weighted by atomic mass is 32.1. The molecule has 0 aromatic rings. The number of rotatable bonds is 5. The Kier molecular flexibility index (Phi) is 5.65. The molecule has 0 aliphatic heterocycles. The summed E-state index contributed by atoms with van der Waals surface area (Å²) in [6, 6.07) is 0.530. The third-order valence-corrected chi connectivity index (χ3v) is 4.44. The normalized spacial score (nSPS) is 19.0. The number of nitrogens with two attached hydrogens (primary N) is 1. The van der Waals surface area contributed by atoms with Crippen LogP contribution in [-0.2, 0) is 0 Å². The molecule has 15 heavy (non-hydrogen) atoms. The molecule has 0 spiro atoms. The van der Waals surface area contributed by atoms with Gasteiger partial charge in [-0.15, -0.1) is 0 Å². The van der Waals surface area contributed by atoms with Crippen molar-refractivity contribution in [3.05, 3.63) is 0 Å². The SMILES string of the molecule is CC(C)C(N)[C@@](C)(C(C)C)N(S)C(C)C. The largest absolute Gasteiger partial charge is 0.326 e. The average Bonchev–Trinajstić information content (AvgIpc) is 2.13. The van der Waals surface area contributed by atoms with Gasteiger partial charge in [0.25, 0.3) is 0 Å². The highest BCUT2D eigenvalue weighted by Gasteiger charge is 2.41. The van der Waals surface area contributed by atoms with E-state index in [-0.39, 0.29) is 11.6 Å². The van der Waals surface area contributed by atoms with Crippen LogP contribution in [0.25, 0.3) is 0 Å². The van der Waals surface area contributed by atoms with E-state index in [2.05, 4.69) is 65.6 Å². The summed E-state index contributed by atoms with van der Waals surface area (Å²) >= 11 is 4.63. The third kappa shape index (κ3) is 3.11. The van der Waals surface area contributed by atoms with Gasteiger partial charge in [0.1, 0.15) is 0 Å². The van der Waals surface area contributed by atoms with Crippen molar-refractivity contribution in [2.24, 2.45) is 17.6 Å². The zero-order valence-electron chi connectivity index (χ0n) is 11.3. The Labute approximate surface area is 101 Å². The molecule has 0 bridgehead atoms. The molecule has 1 unspecified atom stereocenters. The maximum Gasteiger partial charge on any atom is 0.0461 e. The molecule has 0 aliphatic carbocycles. The summed E-state index contributed by atoms with van der Waals surface area (Å²) in [5.74, 6) is 0.945. The van der Waals surface area contributed by atoms with Crippen molar-refractivity contribution in [2.75, 3.05) is 0 Å². The Bertz CT molecular complexity index is 176. The maximum atomic E-state index is 6.34. The predicted molar refractivity (Wildman–Crippen MR) is 72.0 cm³/mol. The molecular weight excluding hydrogens is 204 g/mol. The molecule has 0 aromatic carbocycles. The summed E-state index contributed by atoms with van der Waals surface area (Å²) in [5.41, 5.74) is 6.28. The topological polar surface area (TPSA) is 29.3 Å². The van der Waals surface area contributed by atoms with Gasteiger partial charge in [-0.25, -0.2) is 4.31 Å². The zero-order valence-corrected chi connectivity index (χ0v) is 12.2. The number of hydrogen-bond acceptors (Lipinski definition) is 3. The quantitative estimate of drug-likeness (QED) is 0.714. The first kappa shape index (κ1) is 15.3. The van der Waals surface area contributed by atoms with Crippen molar-refractivity contribution in [2.45, 2.75) is 66.1 Å². The predicted octanol–water partition coefficient (Wildman–Crippen LogP) is 2.94. The van der Waals surface area contributed by atoms with Gasteiger partial charge in [0.2, 0.25) is 0 Å². The average molecular weight is 232 g/mol. The zero-order chi connectivity index (χ0) is 12.4. The highest BCUT2D eigenvalue weighted by molar-refractivity contribution is 7.77. The minimum atomic E-state index is -0.0640. The second-order valence-corrected chi connectivity index (χ2v) is 6.02. The van der Waals surface area contributed by atoms with Crippen molar-refractivity contribution in [3.8, 4) is 0 Å². The molecule has 0 heterocycles. The molecule has 0 saturated carbocycles. The van der Waals surface area contributed by atoms with E-state index >= 15 is 0 Å². The second-order valence-electron chi connectivity index (χ2n) is 5.59. The first-order valence-electron chi connectivity index (χ1n) is 5.89. The number of hydrogen-bond donors (Lipinski definition) is 2. The van der Waals surface area contributed by atoms with Crippen molar-refractivity contribution in [3.63, 3.8) is 0 Å². The maximum absolute atomic E-state index is 6.34. The fraction of sp³-hybridized carbons (Fsp3) is 1.00. The van der Waals surface area contributed by atoms with Crippen LogP contribution in [0.5, 0.6) is 0 Å². The Balaban J connectivity index is 5.06.